The number of nitrogens with one attached hydrogen (secondary N) is 1. The predicted octanol–water partition coefficient (Wildman–Crippen LogP) is -1.15. The summed E-state index contributed by atoms with van der Waals surface area (Å²) < 4.78 is 28.5. The lowest BCUT2D eigenvalue weighted by Gasteiger charge is -2.06. The molecule has 0 radical (unpaired) electrons. The van der Waals surface area contributed by atoms with Crippen LogP contribution < -0.4 is 4.72 Å². The van der Waals surface area contributed by atoms with E-state index in [1.807, 2.05) is 0 Å². The summed E-state index contributed by atoms with van der Waals surface area (Å²) in [6, 6.07) is 0. The van der Waals surface area contributed by atoms with Crippen LogP contribution in [0.25, 0.3) is 0 Å². The summed E-state index contributed by atoms with van der Waals surface area (Å²) in [6.07, 6.45) is -0.267. The second-order valence-electron chi connectivity index (χ2n) is 2.87. The summed E-state index contributed by atoms with van der Waals surface area (Å²) in [5, 5.41) is 8.85. The quantitative estimate of drug-likeness (QED) is 0.557. The minimum atomic E-state index is -3.62. The number of hydrogen-bond acceptors (Lipinski definition) is 5. The van der Waals surface area contributed by atoms with E-state index in [1.54, 1.807) is 6.92 Å². The summed E-state index contributed by atoms with van der Waals surface area (Å²) in [7, 11) is -2.51. The first-order valence-corrected chi connectivity index (χ1v) is 5.75. The molecule has 0 saturated carbocycles. The van der Waals surface area contributed by atoms with Gasteiger partial charge in [0.05, 0.1) is 13.2 Å². The second kappa shape index (κ2) is 5.94. The van der Waals surface area contributed by atoms with E-state index in [0.717, 1.165) is 7.11 Å². The summed E-state index contributed by atoms with van der Waals surface area (Å²) in [5.41, 5.74) is 0. The number of methoxy groups -OCH3 is 1. The molecular weight excluding hydrogens is 210 g/mol. The van der Waals surface area contributed by atoms with Crippen LogP contribution >= 0.6 is 0 Å². The Balaban J connectivity index is 3.91. The van der Waals surface area contributed by atoms with Crippen molar-refractivity contribution >= 4 is 16.0 Å². The monoisotopic (exact) mass is 225 g/mol. The minimum absolute atomic E-state index is 0.108. The van der Waals surface area contributed by atoms with Gasteiger partial charge in [0.15, 0.2) is 5.75 Å². The standard InChI is InChI=1S/C7H15NO5S/c1-6(9)3-4-8-14(11,12)5-7(10)13-2/h6,8-9H,3-5H2,1-2H3. The third-order valence-electron chi connectivity index (χ3n) is 1.42. The van der Waals surface area contributed by atoms with E-state index < -0.39 is 27.8 Å². The fourth-order valence-electron chi connectivity index (χ4n) is 0.688. The molecule has 1 atom stereocenters. The van der Waals surface area contributed by atoms with Gasteiger partial charge in [0, 0.05) is 6.54 Å². The van der Waals surface area contributed by atoms with Crippen LogP contribution in [0.2, 0.25) is 0 Å². The third-order valence-corrected chi connectivity index (χ3v) is 2.68. The molecule has 0 aromatic heterocycles. The average Bonchev–Trinajstić information content (AvgIpc) is 2.02. The fourth-order valence-corrected chi connectivity index (χ4v) is 1.65. The molecule has 0 rings (SSSR count). The highest BCUT2D eigenvalue weighted by atomic mass is 32.2. The van der Waals surface area contributed by atoms with Crippen molar-refractivity contribution in [2.45, 2.75) is 19.4 Å². The van der Waals surface area contributed by atoms with E-state index in [9.17, 15) is 13.2 Å². The minimum Gasteiger partial charge on any atom is -0.468 e. The molecule has 1 unspecified atom stereocenters. The Hall–Kier alpha value is -0.660. The number of hydrogen-bond donors (Lipinski definition) is 2. The van der Waals surface area contributed by atoms with Crippen LogP contribution in [-0.2, 0) is 19.6 Å². The van der Waals surface area contributed by atoms with Gasteiger partial charge in [-0.25, -0.2) is 13.1 Å². The van der Waals surface area contributed by atoms with E-state index in [-0.39, 0.29) is 6.54 Å². The number of sulfonamides is 1. The lowest BCUT2D eigenvalue weighted by atomic mass is 10.3. The Morgan fingerprint density at radius 1 is 1.57 bits per heavy atom. The van der Waals surface area contributed by atoms with E-state index in [0.29, 0.717) is 6.42 Å². The molecule has 0 aliphatic heterocycles. The first kappa shape index (κ1) is 13.3. The smallest absolute Gasteiger partial charge is 0.322 e. The van der Waals surface area contributed by atoms with Gasteiger partial charge in [-0.05, 0) is 13.3 Å². The predicted molar refractivity (Wildman–Crippen MR) is 50.1 cm³/mol. The van der Waals surface area contributed by atoms with Crippen molar-refractivity contribution in [2.24, 2.45) is 0 Å². The molecule has 7 heteroatoms. The van der Waals surface area contributed by atoms with E-state index >= 15 is 0 Å². The van der Waals surface area contributed by atoms with Gasteiger partial charge in [-0.2, -0.15) is 0 Å². The van der Waals surface area contributed by atoms with Crippen LogP contribution in [0.15, 0.2) is 0 Å². The van der Waals surface area contributed by atoms with E-state index in [4.69, 9.17) is 5.11 Å². The van der Waals surface area contributed by atoms with Crippen molar-refractivity contribution in [1.82, 2.24) is 4.72 Å². The largest absolute Gasteiger partial charge is 0.468 e. The van der Waals surface area contributed by atoms with Crippen molar-refractivity contribution in [3.05, 3.63) is 0 Å². The summed E-state index contributed by atoms with van der Waals surface area (Å²) >= 11 is 0. The maximum absolute atomic E-state index is 11.1. The van der Waals surface area contributed by atoms with Crippen LogP contribution in [-0.4, -0.2) is 45.0 Å². The molecule has 0 spiro atoms. The third kappa shape index (κ3) is 6.81. The van der Waals surface area contributed by atoms with Crippen LogP contribution in [0, 0.1) is 0 Å². The normalized spacial score (nSPS) is 13.6. The summed E-state index contributed by atoms with van der Waals surface area (Å²) in [4.78, 5) is 10.6. The Kier molecular flexibility index (Phi) is 5.66. The van der Waals surface area contributed by atoms with Gasteiger partial charge in [0.2, 0.25) is 10.0 Å². The van der Waals surface area contributed by atoms with Crippen molar-refractivity contribution in [1.29, 1.82) is 0 Å². The van der Waals surface area contributed by atoms with Gasteiger partial charge in [0.1, 0.15) is 0 Å². The zero-order chi connectivity index (χ0) is 11.2. The van der Waals surface area contributed by atoms with Gasteiger partial charge < -0.3 is 9.84 Å². The molecule has 6 nitrogen and oxygen atoms in total. The Bertz CT molecular complexity index is 272. The number of carbonyl (C=O) groups is 1. The molecule has 0 aliphatic carbocycles. The molecular formula is C7H15NO5S. The first-order valence-electron chi connectivity index (χ1n) is 4.09. The number of aliphatic hydroxyl groups is 1. The van der Waals surface area contributed by atoms with Crippen molar-refractivity contribution in [3.8, 4) is 0 Å². The average molecular weight is 225 g/mol. The Labute approximate surface area is 83.3 Å². The highest BCUT2D eigenvalue weighted by Gasteiger charge is 2.15. The van der Waals surface area contributed by atoms with Crippen molar-refractivity contribution < 1.29 is 23.1 Å². The molecule has 84 valence electrons. The number of rotatable bonds is 6. The zero-order valence-corrected chi connectivity index (χ0v) is 9.00. The topological polar surface area (TPSA) is 92.7 Å². The molecule has 0 aromatic carbocycles. The van der Waals surface area contributed by atoms with Crippen molar-refractivity contribution in [3.63, 3.8) is 0 Å². The molecule has 0 fully saturated rings. The lowest BCUT2D eigenvalue weighted by Crippen LogP contribution is -2.32. The van der Waals surface area contributed by atoms with Gasteiger partial charge in [-0.3, -0.25) is 4.79 Å². The highest BCUT2D eigenvalue weighted by molar-refractivity contribution is 7.90. The number of aliphatic hydroxyl groups excluding tert-OH is 1. The van der Waals surface area contributed by atoms with E-state index in [1.165, 1.54) is 0 Å². The van der Waals surface area contributed by atoms with Gasteiger partial charge >= 0.3 is 5.97 Å². The van der Waals surface area contributed by atoms with E-state index in [2.05, 4.69) is 9.46 Å². The fraction of sp³-hybridized carbons (Fsp3) is 0.857. The molecule has 14 heavy (non-hydrogen) atoms. The molecule has 2 N–H and O–H groups in total. The number of esters is 1. The zero-order valence-electron chi connectivity index (χ0n) is 8.19. The number of ether oxygens (including phenoxy) is 1. The second-order valence-corrected chi connectivity index (χ2v) is 4.67. The summed E-state index contributed by atoms with van der Waals surface area (Å²) in [6.45, 7) is 1.66. The molecule has 0 saturated heterocycles. The van der Waals surface area contributed by atoms with Crippen LogP contribution in [0.3, 0.4) is 0 Å². The Morgan fingerprint density at radius 2 is 2.14 bits per heavy atom. The van der Waals surface area contributed by atoms with Crippen LogP contribution in [0.1, 0.15) is 13.3 Å². The Morgan fingerprint density at radius 3 is 2.57 bits per heavy atom. The van der Waals surface area contributed by atoms with Gasteiger partial charge in [-0.1, -0.05) is 0 Å². The summed E-state index contributed by atoms with van der Waals surface area (Å²) in [5.74, 6) is -1.50. The highest BCUT2D eigenvalue weighted by Crippen LogP contribution is 1.90. The maximum Gasteiger partial charge on any atom is 0.322 e. The van der Waals surface area contributed by atoms with Gasteiger partial charge in [0.25, 0.3) is 0 Å². The first-order chi connectivity index (χ1) is 6.37. The molecule has 0 heterocycles. The SMILES string of the molecule is COC(=O)CS(=O)(=O)NCCC(C)O. The van der Waals surface area contributed by atoms with Crippen molar-refractivity contribution in [2.75, 3.05) is 19.4 Å². The number of carbonyl (C=O) groups excluding carboxylic acids is 1. The maximum atomic E-state index is 11.1. The lowest BCUT2D eigenvalue weighted by molar-refractivity contribution is -0.137. The van der Waals surface area contributed by atoms with Crippen LogP contribution in [0.4, 0.5) is 0 Å². The molecule has 0 bridgehead atoms. The van der Waals surface area contributed by atoms with Crippen LogP contribution in [0.5, 0.6) is 0 Å². The molecule has 0 aromatic rings. The molecule has 0 amide bonds. The van der Waals surface area contributed by atoms with Gasteiger partial charge in [-0.15, -0.1) is 0 Å². The molecule has 0 aliphatic rings.